The summed E-state index contributed by atoms with van der Waals surface area (Å²) >= 11 is 0. The number of hydrogen-bond donors (Lipinski definition) is 0. The van der Waals surface area contributed by atoms with Crippen LogP contribution in [-0.4, -0.2) is 19.4 Å². The van der Waals surface area contributed by atoms with Gasteiger partial charge in [0.2, 0.25) is 0 Å². The van der Waals surface area contributed by atoms with Crippen molar-refractivity contribution in [1.82, 2.24) is 0 Å². The molecule has 3 nitrogen and oxygen atoms in total. The van der Waals surface area contributed by atoms with Crippen molar-refractivity contribution in [2.45, 2.75) is 19.3 Å². The Morgan fingerprint density at radius 1 is 1.00 bits per heavy atom. The lowest BCUT2D eigenvalue weighted by molar-refractivity contribution is 0.0648. The van der Waals surface area contributed by atoms with Gasteiger partial charge in [-0.1, -0.05) is 0 Å². The Bertz CT molecular complexity index is 216. The second kappa shape index (κ2) is 2.63. The van der Waals surface area contributed by atoms with Crippen molar-refractivity contribution in [1.29, 1.82) is 0 Å². The fourth-order valence-electron chi connectivity index (χ4n) is 3.42. The van der Waals surface area contributed by atoms with E-state index in [1.54, 1.807) is 0 Å². The molecule has 72 valence electrons. The zero-order chi connectivity index (χ0) is 8.84. The Labute approximate surface area is 77.4 Å². The Morgan fingerprint density at radius 2 is 1.54 bits per heavy atom. The second-order valence-electron chi connectivity index (χ2n) is 4.53. The van der Waals surface area contributed by atoms with E-state index < -0.39 is 6.16 Å². The van der Waals surface area contributed by atoms with Crippen LogP contribution in [0.2, 0.25) is 0 Å². The fraction of sp³-hybridized carbons (Fsp3) is 0.900. The van der Waals surface area contributed by atoms with Gasteiger partial charge in [-0.2, -0.15) is 0 Å². The number of hydrogen-bond acceptors (Lipinski definition) is 3. The average molecular weight is 182 g/mol. The molecule has 0 amide bonds. The van der Waals surface area contributed by atoms with Crippen LogP contribution in [0.15, 0.2) is 0 Å². The SMILES string of the molecule is O=C1OC[C@@H]2[C@H]3CC[C@H](C3)[C@@H]2CO1. The van der Waals surface area contributed by atoms with Crippen LogP contribution in [0, 0.1) is 23.7 Å². The highest BCUT2D eigenvalue weighted by Crippen LogP contribution is 2.52. The summed E-state index contributed by atoms with van der Waals surface area (Å²) in [6, 6.07) is 0. The maximum absolute atomic E-state index is 10.9. The minimum atomic E-state index is -0.464. The molecule has 2 aliphatic carbocycles. The predicted octanol–water partition coefficient (Wildman–Crippen LogP) is 1.82. The lowest BCUT2D eigenvalue weighted by atomic mass is 9.80. The Kier molecular flexibility index (Phi) is 1.55. The van der Waals surface area contributed by atoms with Crippen molar-refractivity contribution in [2.24, 2.45) is 23.7 Å². The number of rotatable bonds is 0. The molecule has 2 saturated carbocycles. The highest BCUT2D eigenvalue weighted by atomic mass is 16.7. The minimum absolute atomic E-state index is 0.464. The Balaban J connectivity index is 1.81. The van der Waals surface area contributed by atoms with Crippen molar-refractivity contribution in [3.63, 3.8) is 0 Å². The van der Waals surface area contributed by atoms with E-state index in [2.05, 4.69) is 0 Å². The van der Waals surface area contributed by atoms with E-state index in [-0.39, 0.29) is 0 Å². The van der Waals surface area contributed by atoms with E-state index in [0.717, 1.165) is 11.8 Å². The van der Waals surface area contributed by atoms with Crippen molar-refractivity contribution in [2.75, 3.05) is 13.2 Å². The Morgan fingerprint density at radius 3 is 2.08 bits per heavy atom. The standard InChI is InChI=1S/C10H14O3/c11-10-12-4-8-6-1-2-7(3-6)9(8)5-13-10/h6-9H,1-5H2/t6-,7+,8+,9-. The summed E-state index contributed by atoms with van der Waals surface area (Å²) in [5.74, 6) is 2.82. The van der Waals surface area contributed by atoms with Crippen molar-refractivity contribution in [3.05, 3.63) is 0 Å². The lowest BCUT2D eigenvalue weighted by Gasteiger charge is -2.26. The smallest absolute Gasteiger partial charge is 0.434 e. The van der Waals surface area contributed by atoms with E-state index in [1.807, 2.05) is 0 Å². The van der Waals surface area contributed by atoms with Crippen molar-refractivity contribution < 1.29 is 14.3 Å². The molecule has 0 N–H and O–H groups in total. The molecule has 0 aromatic rings. The molecule has 1 heterocycles. The number of carbonyl (C=O) groups excluding carboxylic acids is 1. The number of cyclic esters (lactones) is 2. The summed E-state index contributed by atoms with van der Waals surface area (Å²) in [4.78, 5) is 10.9. The molecule has 0 radical (unpaired) electrons. The highest BCUT2D eigenvalue weighted by Gasteiger charge is 2.49. The molecule has 0 aromatic heterocycles. The second-order valence-corrected chi connectivity index (χ2v) is 4.53. The van der Waals surface area contributed by atoms with Gasteiger partial charge in [-0.15, -0.1) is 0 Å². The van der Waals surface area contributed by atoms with Gasteiger partial charge in [0.1, 0.15) is 0 Å². The zero-order valence-electron chi connectivity index (χ0n) is 7.57. The van der Waals surface area contributed by atoms with Crippen LogP contribution in [-0.2, 0) is 9.47 Å². The monoisotopic (exact) mass is 182 g/mol. The molecule has 2 bridgehead atoms. The van der Waals surface area contributed by atoms with Crippen molar-refractivity contribution in [3.8, 4) is 0 Å². The first kappa shape index (κ1) is 7.65. The van der Waals surface area contributed by atoms with Crippen LogP contribution < -0.4 is 0 Å². The maximum atomic E-state index is 10.9. The maximum Gasteiger partial charge on any atom is 0.508 e. The molecule has 3 fully saturated rings. The molecular formula is C10H14O3. The van der Waals surface area contributed by atoms with Gasteiger partial charge >= 0.3 is 6.16 Å². The third-order valence-corrected chi connectivity index (χ3v) is 4.06. The summed E-state index contributed by atoms with van der Waals surface area (Å²) in [5, 5.41) is 0. The molecule has 13 heavy (non-hydrogen) atoms. The van der Waals surface area contributed by atoms with Crippen LogP contribution in [0.5, 0.6) is 0 Å². The van der Waals surface area contributed by atoms with Crippen molar-refractivity contribution >= 4 is 6.16 Å². The molecule has 4 atom stereocenters. The van der Waals surface area contributed by atoms with Gasteiger partial charge in [-0.05, 0) is 31.1 Å². The predicted molar refractivity (Wildman–Crippen MR) is 45.1 cm³/mol. The highest BCUT2D eigenvalue weighted by molar-refractivity contribution is 5.60. The van der Waals surface area contributed by atoms with Gasteiger partial charge in [0.15, 0.2) is 0 Å². The topological polar surface area (TPSA) is 35.5 Å². The van der Waals surface area contributed by atoms with E-state index in [4.69, 9.17) is 9.47 Å². The van der Waals surface area contributed by atoms with Crippen LogP contribution >= 0.6 is 0 Å². The van der Waals surface area contributed by atoms with E-state index in [9.17, 15) is 4.79 Å². The summed E-state index contributed by atoms with van der Waals surface area (Å²) in [6.45, 7) is 1.20. The van der Waals surface area contributed by atoms with E-state index in [1.165, 1.54) is 19.3 Å². The summed E-state index contributed by atoms with van der Waals surface area (Å²) in [5.41, 5.74) is 0. The zero-order valence-corrected chi connectivity index (χ0v) is 7.57. The molecule has 3 aliphatic rings. The molecule has 3 heteroatoms. The largest absolute Gasteiger partial charge is 0.508 e. The normalized spacial score (nSPS) is 47.8. The molecule has 1 saturated heterocycles. The van der Waals surface area contributed by atoms with Gasteiger partial charge in [0, 0.05) is 11.8 Å². The average Bonchev–Trinajstić information content (AvgIpc) is 2.66. The number of carbonyl (C=O) groups is 1. The van der Waals surface area contributed by atoms with Gasteiger partial charge in [-0.3, -0.25) is 0 Å². The van der Waals surface area contributed by atoms with Gasteiger partial charge in [0.05, 0.1) is 13.2 Å². The van der Waals surface area contributed by atoms with E-state index >= 15 is 0 Å². The number of fused-ring (bicyclic) bond motifs is 5. The molecule has 3 rings (SSSR count). The molecule has 0 unspecified atom stereocenters. The summed E-state index contributed by atoms with van der Waals surface area (Å²) < 4.78 is 10.0. The first-order valence-electron chi connectivity index (χ1n) is 5.14. The molecular weight excluding hydrogens is 168 g/mol. The Hall–Kier alpha value is -0.730. The van der Waals surface area contributed by atoms with Gasteiger partial charge in [0.25, 0.3) is 0 Å². The van der Waals surface area contributed by atoms with Crippen LogP contribution in [0.3, 0.4) is 0 Å². The van der Waals surface area contributed by atoms with E-state index in [0.29, 0.717) is 25.0 Å². The summed E-state index contributed by atoms with van der Waals surface area (Å²) in [6.07, 6.45) is 3.55. The molecule has 0 spiro atoms. The van der Waals surface area contributed by atoms with Gasteiger partial charge in [-0.25, -0.2) is 4.79 Å². The third-order valence-electron chi connectivity index (χ3n) is 4.06. The third kappa shape index (κ3) is 1.06. The molecule has 0 aromatic carbocycles. The first-order chi connectivity index (χ1) is 6.34. The quantitative estimate of drug-likeness (QED) is 0.536. The van der Waals surface area contributed by atoms with Crippen LogP contribution in [0.1, 0.15) is 19.3 Å². The minimum Gasteiger partial charge on any atom is -0.434 e. The lowest BCUT2D eigenvalue weighted by Crippen LogP contribution is -2.26. The fourth-order valence-corrected chi connectivity index (χ4v) is 3.42. The van der Waals surface area contributed by atoms with Crippen LogP contribution in [0.25, 0.3) is 0 Å². The first-order valence-corrected chi connectivity index (χ1v) is 5.14. The number of ether oxygens (including phenoxy) is 2. The molecule has 1 aliphatic heterocycles. The van der Waals surface area contributed by atoms with Crippen LogP contribution in [0.4, 0.5) is 4.79 Å². The van der Waals surface area contributed by atoms with Gasteiger partial charge < -0.3 is 9.47 Å². The summed E-state index contributed by atoms with van der Waals surface area (Å²) in [7, 11) is 0.